The molecular weight excluding hydrogens is 270 g/mol. The highest BCUT2D eigenvalue weighted by Gasteiger charge is 2.15. The van der Waals surface area contributed by atoms with E-state index in [2.05, 4.69) is 11.8 Å². The molecule has 0 unspecified atom stereocenters. The second-order valence-electron chi connectivity index (χ2n) is 5.12. The van der Waals surface area contributed by atoms with Gasteiger partial charge >= 0.3 is 0 Å². The van der Waals surface area contributed by atoms with Crippen molar-refractivity contribution in [2.75, 3.05) is 6.54 Å². The second kappa shape index (κ2) is 8.02. The zero-order chi connectivity index (χ0) is 15.1. The molecule has 2 N–H and O–H groups in total. The van der Waals surface area contributed by atoms with Crippen LogP contribution in [-0.4, -0.2) is 21.7 Å². The first-order valence-corrected chi connectivity index (χ1v) is 7.33. The molecule has 5 nitrogen and oxygen atoms in total. The minimum atomic E-state index is -0.0178. The molecule has 2 heterocycles. The van der Waals surface area contributed by atoms with Gasteiger partial charge < -0.3 is 19.0 Å². The van der Waals surface area contributed by atoms with Crippen LogP contribution in [0.4, 0.5) is 0 Å². The molecular formula is C16H23NO4. The van der Waals surface area contributed by atoms with Crippen LogP contribution in [-0.2, 0) is 26.3 Å². The lowest BCUT2D eigenvalue weighted by atomic mass is 10.2. The molecule has 0 aliphatic rings. The topological polar surface area (TPSA) is 70.0 Å². The lowest BCUT2D eigenvalue weighted by Gasteiger charge is -2.21. The Morgan fingerprint density at radius 2 is 1.48 bits per heavy atom. The van der Waals surface area contributed by atoms with E-state index in [9.17, 15) is 10.2 Å². The van der Waals surface area contributed by atoms with Crippen LogP contribution in [0.5, 0.6) is 0 Å². The number of hydrogen-bond donors (Lipinski definition) is 2. The molecule has 0 radical (unpaired) electrons. The first-order valence-electron chi connectivity index (χ1n) is 7.33. The third-order valence-electron chi connectivity index (χ3n) is 3.58. The van der Waals surface area contributed by atoms with E-state index in [1.54, 1.807) is 24.7 Å². The van der Waals surface area contributed by atoms with Crippen molar-refractivity contribution in [2.45, 2.75) is 46.1 Å². The molecule has 0 aromatic carbocycles. The fourth-order valence-electron chi connectivity index (χ4n) is 2.30. The summed E-state index contributed by atoms with van der Waals surface area (Å²) < 4.78 is 10.9. The van der Waals surface area contributed by atoms with E-state index in [1.807, 2.05) is 0 Å². The van der Waals surface area contributed by atoms with E-state index in [0.717, 1.165) is 42.0 Å². The Morgan fingerprint density at radius 3 is 1.90 bits per heavy atom. The summed E-state index contributed by atoms with van der Waals surface area (Å²) in [6, 6.07) is 3.58. The Labute approximate surface area is 124 Å². The predicted molar refractivity (Wildman–Crippen MR) is 78.3 cm³/mol. The summed E-state index contributed by atoms with van der Waals surface area (Å²) in [7, 11) is 0. The third kappa shape index (κ3) is 4.20. The Morgan fingerprint density at radius 1 is 0.952 bits per heavy atom. The fourth-order valence-corrected chi connectivity index (χ4v) is 2.30. The van der Waals surface area contributed by atoms with E-state index in [-0.39, 0.29) is 13.2 Å². The number of hydrogen-bond acceptors (Lipinski definition) is 5. The number of aliphatic hydroxyl groups excluding tert-OH is 2. The highest BCUT2D eigenvalue weighted by atomic mass is 16.3. The summed E-state index contributed by atoms with van der Waals surface area (Å²) in [5.41, 5.74) is 1.64. The Hall–Kier alpha value is -1.56. The van der Waals surface area contributed by atoms with E-state index in [4.69, 9.17) is 8.83 Å². The maximum atomic E-state index is 9.31. The highest BCUT2D eigenvalue weighted by molar-refractivity contribution is 5.18. The standard InChI is InChI=1S/C16H23NO4/c1-2-3-6-17(9-15-13(11-18)4-7-20-15)10-16-14(12-19)5-8-21-16/h4-5,7-8,18-19H,2-3,6,9-12H2,1H3. The molecule has 0 spiro atoms. The van der Waals surface area contributed by atoms with Crippen LogP contribution in [0.2, 0.25) is 0 Å². The largest absolute Gasteiger partial charge is 0.468 e. The Bertz CT molecular complexity index is 488. The van der Waals surface area contributed by atoms with Crippen molar-refractivity contribution in [1.82, 2.24) is 4.90 Å². The zero-order valence-corrected chi connectivity index (χ0v) is 12.4. The summed E-state index contributed by atoms with van der Waals surface area (Å²) in [6.45, 7) is 4.26. The third-order valence-corrected chi connectivity index (χ3v) is 3.58. The molecule has 2 rings (SSSR count). The average Bonchev–Trinajstić information content (AvgIpc) is 3.13. The predicted octanol–water partition coefficient (Wildman–Crippen LogP) is 2.66. The molecule has 0 aliphatic carbocycles. The highest BCUT2D eigenvalue weighted by Crippen LogP contribution is 2.18. The van der Waals surface area contributed by atoms with Gasteiger partial charge in [0.2, 0.25) is 0 Å². The molecule has 0 fully saturated rings. The van der Waals surface area contributed by atoms with Crippen molar-refractivity contribution in [2.24, 2.45) is 0 Å². The average molecular weight is 293 g/mol. The summed E-state index contributed by atoms with van der Waals surface area (Å²) in [6.07, 6.45) is 5.38. The van der Waals surface area contributed by atoms with E-state index >= 15 is 0 Å². The number of furan rings is 2. The minimum Gasteiger partial charge on any atom is -0.468 e. The first kappa shape index (κ1) is 15.8. The quantitative estimate of drug-likeness (QED) is 0.744. The smallest absolute Gasteiger partial charge is 0.123 e. The molecule has 0 bridgehead atoms. The normalized spacial score (nSPS) is 11.4. The van der Waals surface area contributed by atoms with Crippen LogP contribution < -0.4 is 0 Å². The van der Waals surface area contributed by atoms with E-state index < -0.39 is 0 Å². The van der Waals surface area contributed by atoms with Gasteiger partial charge in [0.15, 0.2) is 0 Å². The Balaban J connectivity index is 2.07. The van der Waals surface area contributed by atoms with Gasteiger partial charge in [-0.05, 0) is 25.1 Å². The van der Waals surface area contributed by atoms with Gasteiger partial charge in [-0.25, -0.2) is 0 Å². The van der Waals surface area contributed by atoms with Gasteiger partial charge in [0.05, 0.1) is 38.8 Å². The maximum Gasteiger partial charge on any atom is 0.123 e. The van der Waals surface area contributed by atoms with Crippen molar-refractivity contribution in [1.29, 1.82) is 0 Å². The van der Waals surface area contributed by atoms with Crippen LogP contribution in [0.1, 0.15) is 42.4 Å². The number of nitrogens with zero attached hydrogens (tertiary/aromatic N) is 1. The van der Waals surface area contributed by atoms with Gasteiger partial charge in [-0.3, -0.25) is 4.90 Å². The lowest BCUT2D eigenvalue weighted by Crippen LogP contribution is -2.24. The lowest BCUT2D eigenvalue weighted by molar-refractivity contribution is 0.204. The fraction of sp³-hybridized carbons (Fsp3) is 0.500. The van der Waals surface area contributed by atoms with Crippen molar-refractivity contribution >= 4 is 0 Å². The molecule has 0 saturated carbocycles. The van der Waals surface area contributed by atoms with E-state index in [1.165, 1.54) is 0 Å². The van der Waals surface area contributed by atoms with Crippen molar-refractivity contribution in [3.8, 4) is 0 Å². The van der Waals surface area contributed by atoms with Gasteiger partial charge in [-0.2, -0.15) is 0 Å². The molecule has 116 valence electrons. The van der Waals surface area contributed by atoms with Crippen LogP contribution in [0, 0.1) is 0 Å². The van der Waals surface area contributed by atoms with E-state index in [0.29, 0.717) is 13.1 Å². The van der Waals surface area contributed by atoms with Crippen LogP contribution in [0.15, 0.2) is 33.5 Å². The van der Waals surface area contributed by atoms with Gasteiger partial charge in [0.25, 0.3) is 0 Å². The molecule has 0 saturated heterocycles. The van der Waals surface area contributed by atoms with Crippen molar-refractivity contribution in [3.63, 3.8) is 0 Å². The summed E-state index contributed by atoms with van der Waals surface area (Å²) >= 11 is 0. The van der Waals surface area contributed by atoms with Crippen molar-refractivity contribution in [3.05, 3.63) is 47.3 Å². The number of aliphatic hydroxyl groups is 2. The van der Waals surface area contributed by atoms with Gasteiger partial charge in [-0.15, -0.1) is 0 Å². The van der Waals surface area contributed by atoms with Crippen LogP contribution >= 0.6 is 0 Å². The minimum absolute atomic E-state index is 0.0178. The number of unbranched alkanes of at least 4 members (excludes halogenated alkanes) is 1. The van der Waals surface area contributed by atoms with Crippen LogP contribution in [0.25, 0.3) is 0 Å². The molecule has 0 aliphatic heterocycles. The first-order chi connectivity index (χ1) is 10.3. The summed E-state index contributed by atoms with van der Waals surface area (Å²) in [4.78, 5) is 2.21. The monoisotopic (exact) mass is 293 g/mol. The maximum absolute atomic E-state index is 9.31. The summed E-state index contributed by atoms with van der Waals surface area (Å²) in [5.74, 6) is 1.57. The van der Waals surface area contributed by atoms with Gasteiger partial charge in [-0.1, -0.05) is 13.3 Å². The number of rotatable bonds is 9. The molecule has 21 heavy (non-hydrogen) atoms. The molecule has 2 aromatic heterocycles. The molecule has 0 amide bonds. The SMILES string of the molecule is CCCCN(Cc1occc1CO)Cc1occc1CO. The Kier molecular flexibility index (Phi) is 6.04. The molecule has 5 heteroatoms. The second-order valence-corrected chi connectivity index (χ2v) is 5.12. The van der Waals surface area contributed by atoms with Gasteiger partial charge in [0.1, 0.15) is 11.5 Å². The van der Waals surface area contributed by atoms with Gasteiger partial charge in [0, 0.05) is 11.1 Å². The molecule has 2 aromatic rings. The van der Waals surface area contributed by atoms with Crippen LogP contribution in [0.3, 0.4) is 0 Å². The van der Waals surface area contributed by atoms with Crippen molar-refractivity contribution < 1.29 is 19.0 Å². The molecule has 0 atom stereocenters. The zero-order valence-electron chi connectivity index (χ0n) is 12.4. The summed E-state index contributed by atoms with van der Waals surface area (Å²) in [5, 5.41) is 18.6.